The number of allylic oxidation sites excluding steroid dienone is 1. The van der Waals surface area contributed by atoms with Crippen LogP contribution < -0.4 is 10.6 Å². The second kappa shape index (κ2) is 14.3. The fourth-order valence-electron chi connectivity index (χ4n) is 2.17. The van der Waals surface area contributed by atoms with Gasteiger partial charge in [-0.05, 0) is 12.8 Å². The van der Waals surface area contributed by atoms with Crippen LogP contribution in [0, 0.1) is 0 Å². The lowest BCUT2D eigenvalue weighted by molar-refractivity contribution is -0.174. The number of carboxylic acids is 1. The first-order chi connectivity index (χ1) is 13.5. The van der Waals surface area contributed by atoms with E-state index in [9.17, 15) is 32.7 Å². The van der Waals surface area contributed by atoms with E-state index in [4.69, 9.17) is 5.11 Å². The fourth-order valence-corrected chi connectivity index (χ4v) is 3.31. The van der Waals surface area contributed by atoms with Gasteiger partial charge in [0.15, 0.2) is 0 Å². The third-order valence-electron chi connectivity index (χ3n) is 3.77. The zero-order valence-electron chi connectivity index (χ0n) is 16.6. The van der Waals surface area contributed by atoms with Crippen LogP contribution in [0.1, 0.15) is 52.4 Å². The summed E-state index contributed by atoms with van der Waals surface area (Å²) in [4.78, 5) is 34.4. The fraction of sp³-hybridized carbons (Fsp3) is 0.722. The summed E-state index contributed by atoms with van der Waals surface area (Å²) in [6.45, 7) is 3.15. The van der Waals surface area contributed by atoms with Gasteiger partial charge in [0, 0.05) is 10.7 Å². The summed E-state index contributed by atoms with van der Waals surface area (Å²) in [5.74, 6) is -5.00. The molecule has 0 bridgehead atoms. The van der Waals surface area contributed by atoms with Gasteiger partial charge in [-0.3, -0.25) is 14.4 Å². The first-order valence-corrected chi connectivity index (χ1v) is 10.4. The molecule has 0 aromatic carbocycles. The molecule has 11 heteroatoms. The molecule has 0 aliphatic heterocycles. The number of aliphatic carboxylic acids is 1. The predicted octanol–water partition coefficient (Wildman–Crippen LogP) is 2.59. The largest absolute Gasteiger partial charge is 0.480 e. The Labute approximate surface area is 172 Å². The Morgan fingerprint density at radius 3 is 2.28 bits per heavy atom. The van der Waals surface area contributed by atoms with Gasteiger partial charge in [-0.2, -0.15) is 13.2 Å². The van der Waals surface area contributed by atoms with Gasteiger partial charge in [0.25, 0.3) is 0 Å². The smallest absolute Gasteiger partial charge is 0.471 e. The number of nitrogens with one attached hydrogen (secondary N) is 2. The van der Waals surface area contributed by atoms with Crippen LogP contribution in [0.4, 0.5) is 13.2 Å². The maximum Gasteiger partial charge on any atom is 0.471 e. The molecule has 0 fully saturated rings. The average molecular weight is 443 g/mol. The number of alkyl halides is 3. The normalized spacial score (nSPS) is 14.2. The van der Waals surface area contributed by atoms with Crippen LogP contribution in [0.25, 0.3) is 0 Å². The molecule has 0 unspecified atom stereocenters. The maximum absolute atomic E-state index is 12.6. The van der Waals surface area contributed by atoms with Crippen molar-refractivity contribution in [1.29, 1.82) is 0 Å². The number of hydrogen-bond donors (Lipinski definition) is 4. The molecule has 168 valence electrons. The minimum absolute atomic E-state index is 0.283. The van der Waals surface area contributed by atoms with Crippen LogP contribution in [-0.4, -0.2) is 58.6 Å². The highest BCUT2D eigenvalue weighted by Gasteiger charge is 2.40. The Morgan fingerprint density at radius 1 is 1.14 bits per heavy atom. The van der Waals surface area contributed by atoms with E-state index in [2.05, 4.69) is 0 Å². The minimum atomic E-state index is -5.18. The predicted molar refractivity (Wildman–Crippen MR) is 104 cm³/mol. The number of aliphatic hydroxyl groups is 1. The number of rotatable bonds is 14. The summed E-state index contributed by atoms with van der Waals surface area (Å²) in [7, 11) is 0. The molecule has 0 aliphatic carbocycles. The maximum atomic E-state index is 12.6. The molecule has 2 amide bonds. The average Bonchev–Trinajstić information content (AvgIpc) is 2.64. The van der Waals surface area contributed by atoms with Gasteiger partial charge in [0.1, 0.15) is 12.6 Å². The highest BCUT2D eigenvalue weighted by Crippen LogP contribution is 2.25. The van der Waals surface area contributed by atoms with Crippen LogP contribution in [-0.2, 0) is 14.4 Å². The first-order valence-electron chi connectivity index (χ1n) is 9.40. The van der Waals surface area contributed by atoms with E-state index >= 15 is 0 Å². The van der Waals surface area contributed by atoms with E-state index in [-0.39, 0.29) is 5.75 Å². The number of carbonyl (C=O) groups is 3. The van der Waals surface area contributed by atoms with Crippen molar-refractivity contribution >= 4 is 29.5 Å². The molecule has 7 nitrogen and oxygen atoms in total. The topological polar surface area (TPSA) is 116 Å². The zero-order chi connectivity index (χ0) is 22.4. The monoisotopic (exact) mass is 442 g/mol. The summed E-state index contributed by atoms with van der Waals surface area (Å²) in [6, 6.07) is -1.61. The molecule has 4 N–H and O–H groups in total. The van der Waals surface area contributed by atoms with Gasteiger partial charge >= 0.3 is 18.1 Å². The lowest BCUT2D eigenvalue weighted by Gasteiger charge is -2.21. The van der Waals surface area contributed by atoms with Crippen molar-refractivity contribution in [2.24, 2.45) is 0 Å². The third-order valence-corrected chi connectivity index (χ3v) is 5.04. The molecular formula is C18H29F3N2O5S. The van der Waals surface area contributed by atoms with Crippen molar-refractivity contribution < 1.29 is 37.8 Å². The highest BCUT2D eigenvalue weighted by molar-refractivity contribution is 8.03. The number of aliphatic hydroxyl groups excluding tert-OH is 1. The number of hydrogen-bond acceptors (Lipinski definition) is 5. The summed E-state index contributed by atoms with van der Waals surface area (Å²) >= 11 is 0.975. The summed E-state index contributed by atoms with van der Waals surface area (Å²) in [5.41, 5.74) is 0. The molecule has 0 saturated carbocycles. The number of carboxylic acid groups (broad SMARTS) is 1. The molecule has 0 saturated heterocycles. The standard InChI is InChI=1S/C18H29F3N2O5S/c1-3-5-7-9-14(13(24)8-6-4-2)29-11-12(16(27)22-10-15(25)26)23-17(28)18(19,20)21/h9,12-13,24H,3-8,10-11H2,1-2H3,(H,22,27)(H,23,28)(H,25,26)/t12-,13+/m0/s1. The Bertz CT molecular complexity index is 570. The Balaban J connectivity index is 5.25. The summed E-state index contributed by atoms with van der Waals surface area (Å²) < 4.78 is 37.7. The minimum Gasteiger partial charge on any atom is -0.480 e. The molecule has 0 aromatic heterocycles. The quantitative estimate of drug-likeness (QED) is 0.307. The van der Waals surface area contributed by atoms with Gasteiger partial charge in [-0.1, -0.05) is 45.6 Å². The molecule has 0 heterocycles. The SMILES string of the molecule is CCCCC=C(SC[C@H](NC(=O)C(F)(F)F)C(=O)NCC(=O)O)[C@H](O)CCCC. The van der Waals surface area contributed by atoms with Crippen molar-refractivity contribution in [3.8, 4) is 0 Å². The third kappa shape index (κ3) is 12.4. The van der Waals surface area contributed by atoms with Gasteiger partial charge in [0.2, 0.25) is 5.91 Å². The van der Waals surface area contributed by atoms with Crippen LogP contribution in [0.5, 0.6) is 0 Å². The summed E-state index contributed by atoms with van der Waals surface area (Å²) in [6.07, 6.45) is 0.283. The van der Waals surface area contributed by atoms with Crippen molar-refractivity contribution in [1.82, 2.24) is 10.6 Å². The van der Waals surface area contributed by atoms with Gasteiger partial charge in [0.05, 0.1) is 6.10 Å². The van der Waals surface area contributed by atoms with E-state index in [1.54, 1.807) is 11.4 Å². The molecule has 0 aromatic rings. The second-order valence-electron chi connectivity index (χ2n) is 6.35. The van der Waals surface area contributed by atoms with Crippen LogP contribution in [0.2, 0.25) is 0 Å². The number of amides is 2. The van der Waals surface area contributed by atoms with Crippen LogP contribution in [0.15, 0.2) is 11.0 Å². The van der Waals surface area contributed by atoms with Crippen molar-refractivity contribution in [3.63, 3.8) is 0 Å². The lowest BCUT2D eigenvalue weighted by Crippen LogP contribution is -2.52. The Morgan fingerprint density at radius 2 is 1.76 bits per heavy atom. The van der Waals surface area contributed by atoms with Crippen LogP contribution >= 0.6 is 11.8 Å². The van der Waals surface area contributed by atoms with Gasteiger partial charge < -0.3 is 20.8 Å². The van der Waals surface area contributed by atoms with Crippen LogP contribution in [0.3, 0.4) is 0 Å². The zero-order valence-corrected chi connectivity index (χ0v) is 17.4. The van der Waals surface area contributed by atoms with E-state index in [1.165, 1.54) is 0 Å². The second-order valence-corrected chi connectivity index (χ2v) is 7.45. The molecule has 0 radical (unpaired) electrons. The highest BCUT2D eigenvalue weighted by atomic mass is 32.2. The van der Waals surface area contributed by atoms with Gasteiger partial charge in [-0.15, -0.1) is 11.8 Å². The first kappa shape index (κ1) is 27.2. The molecule has 29 heavy (non-hydrogen) atoms. The number of thioether (sulfide) groups is 1. The van der Waals surface area contributed by atoms with Crippen molar-refractivity contribution in [2.45, 2.75) is 70.7 Å². The summed E-state index contributed by atoms with van der Waals surface area (Å²) in [5, 5.41) is 22.5. The Hall–Kier alpha value is -1.75. The van der Waals surface area contributed by atoms with E-state index < -0.39 is 42.7 Å². The number of unbranched alkanes of at least 4 members (excludes halogenated alkanes) is 3. The molecule has 2 atom stereocenters. The van der Waals surface area contributed by atoms with E-state index in [0.717, 1.165) is 37.4 Å². The van der Waals surface area contributed by atoms with E-state index in [1.807, 2.05) is 19.2 Å². The Kier molecular flexibility index (Phi) is 13.4. The lowest BCUT2D eigenvalue weighted by atomic mass is 10.1. The molecule has 0 aliphatic rings. The molecule has 0 spiro atoms. The van der Waals surface area contributed by atoms with E-state index in [0.29, 0.717) is 17.7 Å². The molecular weight excluding hydrogens is 413 g/mol. The van der Waals surface area contributed by atoms with Crippen molar-refractivity contribution in [2.75, 3.05) is 12.3 Å². The van der Waals surface area contributed by atoms with Gasteiger partial charge in [-0.25, -0.2) is 0 Å². The number of halogens is 3. The number of carbonyl (C=O) groups excluding carboxylic acids is 2. The van der Waals surface area contributed by atoms with Crippen molar-refractivity contribution in [3.05, 3.63) is 11.0 Å². The molecule has 0 rings (SSSR count).